The monoisotopic (exact) mass is 503 g/mol. The van der Waals surface area contributed by atoms with Gasteiger partial charge in [-0.25, -0.2) is 4.79 Å². The van der Waals surface area contributed by atoms with Gasteiger partial charge in [-0.3, -0.25) is 19.2 Å². The van der Waals surface area contributed by atoms with Crippen LogP contribution < -0.4 is 16.1 Å². The molecule has 3 amide bonds. The lowest BCUT2D eigenvalue weighted by molar-refractivity contribution is -0.161. The highest BCUT2D eigenvalue weighted by atomic mass is 32.2. The van der Waals surface area contributed by atoms with Gasteiger partial charge in [0.05, 0.1) is 5.56 Å². The third-order valence-corrected chi connectivity index (χ3v) is 7.97. The predicted octanol–water partition coefficient (Wildman–Crippen LogP) is 0.917. The van der Waals surface area contributed by atoms with E-state index in [0.29, 0.717) is 5.56 Å². The fourth-order valence-electron chi connectivity index (χ4n) is 4.08. The number of benzene rings is 1. The quantitative estimate of drug-likeness (QED) is 0.425. The number of fused-ring (bicyclic) bond motifs is 1. The Bertz CT molecular complexity index is 1230. The van der Waals surface area contributed by atoms with Crippen LogP contribution in [0.3, 0.4) is 0 Å². The van der Waals surface area contributed by atoms with Gasteiger partial charge in [-0.15, -0.1) is 11.8 Å². The lowest BCUT2D eigenvalue weighted by Gasteiger charge is -2.44. The maximum absolute atomic E-state index is 13.2. The van der Waals surface area contributed by atoms with E-state index in [4.69, 9.17) is 0 Å². The Labute approximate surface area is 202 Å². The highest BCUT2D eigenvalue weighted by Gasteiger charge is 2.64. The topological polar surface area (TPSA) is 153 Å². The molecular weight excluding hydrogens is 482 g/mol. The second-order valence-corrected chi connectivity index (χ2v) is 11.0. The predicted molar refractivity (Wildman–Crippen MR) is 125 cm³/mol. The molecule has 0 spiro atoms. The van der Waals surface area contributed by atoms with Gasteiger partial charge in [-0.05, 0) is 43.0 Å². The third-order valence-electron chi connectivity index (χ3n) is 5.73. The number of carbonyl (C=O) groups is 4. The van der Waals surface area contributed by atoms with Crippen molar-refractivity contribution in [2.24, 2.45) is 0 Å². The Kier molecular flexibility index (Phi) is 6.13. The molecule has 4 rings (SSSR count). The molecule has 2 aliphatic heterocycles. The first-order chi connectivity index (χ1) is 16.0. The summed E-state index contributed by atoms with van der Waals surface area (Å²) < 4.78 is -0.755. The van der Waals surface area contributed by atoms with Crippen molar-refractivity contribution in [1.29, 1.82) is 0 Å². The number of β-lactam (4-membered cyclic amide) rings is 1. The maximum Gasteiger partial charge on any atom is 0.327 e. The molecule has 12 heteroatoms. The van der Waals surface area contributed by atoms with Gasteiger partial charge in [0.15, 0.2) is 5.43 Å². The number of aromatic hydroxyl groups is 1. The van der Waals surface area contributed by atoms with Crippen molar-refractivity contribution < 1.29 is 29.4 Å². The first kappa shape index (κ1) is 23.8. The van der Waals surface area contributed by atoms with Gasteiger partial charge in [0.25, 0.3) is 5.91 Å². The van der Waals surface area contributed by atoms with Gasteiger partial charge >= 0.3 is 5.97 Å². The van der Waals surface area contributed by atoms with Gasteiger partial charge in [0.1, 0.15) is 29.2 Å². The number of nitrogens with one attached hydrogen (secondary N) is 2. The molecule has 0 bridgehead atoms. The van der Waals surface area contributed by atoms with Crippen LogP contribution in [0.15, 0.2) is 45.9 Å². The Morgan fingerprint density at radius 3 is 2.41 bits per heavy atom. The number of phenols is 1. The summed E-state index contributed by atoms with van der Waals surface area (Å²) in [7, 11) is 0. The molecule has 1 aromatic carbocycles. The van der Waals surface area contributed by atoms with E-state index in [9.17, 15) is 34.2 Å². The molecule has 0 saturated carbocycles. The van der Waals surface area contributed by atoms with Crippen LogP contribution in [-0.4, -0.2) is 61.0 Å². The summed E-state index contributed by atoms with van der Waals surface area (Å²) in [4.78, 5) is 63.7. The number of phenolic OH excluding ortho intramolecular Hbond substituents is 1. The Balaban J connectivity index is 1.57. The number of rotatable bonds is 6. The minimum atomic E-state index is -1.27. The number of hydrogen-bond acceptors (Lipinski definition) is 8. The van der Waals surface area contributed by atoms with Crippen LogP contribution in [0.2, 0.25) is 0 Å². The summed E-state index contributed by atoms with van der Waals surface area (Å²) in [5.41, 5.74) is -0.315. The maximum atomic E-state index is 13.2. The highest BCUT2D eigenvalue weighted by Crippen LogP contribution is 2.50. The minimum absolute atomic E-state index is 0.0462. The van der Waals surface area contributed by atoms with E-state index in [2.05, 4.69) is 10.6 Å². The zero-order valence-corrected chi connectivity index (χ0v) is 19.7. The van der Waals surface area contributed by atoms with Gasteiger partial charge in [-0.1, -0.05) is 12.1 Å². The van der Waals surface area contributed by atoms with Crippen LogP contribution in [0.5, 0.6) is 5.75 Å². The van der Waals surface area contributed by atoms with E-state index in [1.807, 2.05) is 0 Å². The number of carboxylic acid groups (broad SMARTS) is 1. The summed E-state index contributed by atoms with van der Waals surface area (Å²) in [5, 5.41) is 26.6. The minimum Gasteiger partial charge on any atom is -0.508 e. The average molecular weight is 504 g/mol. The molecule has 2 aromatic rings. The molecule has 2 aliphatic rings. The second-order valence-electron chi connectivity index (χ2n) is 8.42. The molecule has 4 N–H and O–H groups in total. The second kappa shape index (κ2) is 8.76. The smallest absolute Gasteiger partial charge is 0.327 e. The summed E-state index contributed by atoms with van der Waals surface area (Å²) in [5.74, 6) is -3.16. The molecule has 10 nitrogen and oxygen atoms in total. The van der Waals surface area contributed by atoms with Gasteiger partial charge in [0, 0.05) is 10.1 Å². The lowest BCUT2D eigenvalue weighted by Crippen LogP contribution is -2.71. The normalized spacial score (nSPS) is 23.4. The van der Waals surface area contributed by atoms with E-state index >= 15 is 0 Å². The zero-order chi connectivity index (χ0) is 24.8. The van der Waals surface area contributed by atoms with Crippen molar-refractivity contribution in [3.63, 3.8) is 0 Å². The first-order valence-electron chi connectivity index (χ1n) is 10.2. The highest BCUT2D eigenvalue weighted by molar-refractivity contribution is 8.01. The summed E-state index contributed by atoms with van der Waals surface area (Å²) in [6.07, 6.45) is 0. The molecule has 3 heterocycles. The molecule has 0 aliphatic carbocycles. The molecule has 2 saturated heterocycles. The summed E-state index contributed by atoms with van der Waals surface area (Å²) in [6.45, 7) is 3.45. The van der Waals surface area contributed by atoms with Crippen LogP contribution in [0, 0.1) is 0 Å². The Morgan fingerprint density at radius 2 is 1.79 bits per heavy atom. The number of carboxylic acids is 1. The number of carbonyl (C=O) groups excluding carboxylic acids is 3. The van der Waals surface area contributed by atoms with Crippen LogP contribution >= 0.6 is 23.1 Å². The van der Waals surface area contributed by atoms with Crippen molar-refractivity contribution in [3.8, 4) is 5.75 Å². The molecule has 2 fully saturated rings. The van der Waals surface area contributed by atoms with Crippen molar-refractivity contribution in [1.82, 2.24) is 15.5 Å². The van der Waals surface area contributed by atoms with Crippen molar-refractivity contribution in [2.75, 3.05) is 0 Å². The standard InChI is InChI=1S/C22H21N3O7S2/c1-22(2)16(21(31)32)25-19(30)15(20(25)34-22)24-18(29)14(10-3-5-11(26)6-4-10)23-17(28)12-9-33-8-7-13(12)27/h3-9,14-16,20,26H,1-2H3,(H,23,28)(H,24,29)(H,31,32)/t14?,15-,16+,20-/m1/s1. The van der Waals surface area contributed by atoms with Gasteiger partial charge in [0.2, 0.25) is 11.8 Å². The number of nitrogens with zero attached hydrogens (tertiary/aromatic N) is 1. The fourth-order valence-corrected chi connectivity index (χ4v) is 6.34. The van der Waals surface area contributed by atoms with Crippen molar-refractivity contribution in [2.45, 2.75) is 42.1 Å². The molecule has 0 radical (unpaired) electrons. The number of amides is 3. The van der Waals surface area contributed by atoms with Crippen molar-refractivity contribution in [3.05, 3.63) is 62.4 Å². The third kappa shape index (κ3) is 4.14. The van der Waals surface area contributed by atoms with E-state index in [1.165, 1.54) is 57.8 Å². The van der Waals surface area contributed by atoms with Crippen LogP contribution in [-0.2, 0) is 14.4 Å². The van der Waals surface area contributed by atoms with Crippen molar-refractivity contribution >= 4 is 46.8 Å². The lowest BCUT2D eigenvalue weighted by atomic mass is 9.95. The summed E-state index contributed by atoms with van der Waals surface area (Å²) in [6, 6.07) is 3.55. The molecular formula is C22H21N3O7S2. The van der Waals surface area contributed by atoms with E-state index in [1.54, 1.807) is 13.8 Å². The van der Waals surface area contributed by atoms with Crippen LogP contribution in [0.4, 0.5) is 0 Å². The molecule has 1 unspecified atom stereocenters. The Hall–Kier alpha value is -3.38. The number of thioether (sulfide) groups is 1. The van der Waals surface area contributed by atoms with Crippen LogP contribution in [0.1, 0.15) is 35.8 Å². The zero-order valence-electron chi connectivity index (χ0n) is 18.1. The van der Waals surface area contributed by atoms with E-state index in [0.717, 1.165) is 11.3 Å². The Morgan fingerprint density at radius 1 is 1.12 bits per heavy atom. The molecule has 1 aromatic heterocycles. The largest absolute Gasteiger partial charge is 0.508 e. The SMILES string of the molecule is CC1(C)S[C@@H]2[C@H](NC(=O)C(NC(=O)c3csccc3=O)c3ccc(O)cc3)C(=O)N2[C@H]1C(=O)O. The molecule has 34 heavy (non-hydrogen) atoms. The van der Waals surface area contributed by atoms with E-state index in [-0.39, 0.29) is 11.3 Å². The summed E-state index contributed by atoms with van der Waals surface area (Å²) >= 11 is 2.43. The first-order valence-corrected chi connectivity index (χ1v) is 12.0. The molecule has 178 valence electrons. The van der Waals surface area contributed by atoms with Gasteiger partial charge in [-0.2, -0.15) is 11.3 Å². The van der Waals surface area contributed by atoms with Gasteiger partial charge < -0.3 is 25.7 Å². The number of hydrogen-bond donors (Lipinski definition) is 4. The van der Waals surface area contributed by atoms with Crippen LogP contribution in [0.25, 0.3) is 0 Å². The fraction of sp³-hybridized carbons (Fsp3) is 0.318. The van der Waals surface area contributed by atoms with E-state index < -0.39 is 57.4 Å². The average Bonchev–Trinajstić information content (AvgIpc) is 3.04. The number of aliphatic carboxylic acids is 1. The molecule has 4 atom stereocenters.